The molecule has 9 nitrogen and oxygen atoms in total. The molecular formula is C24H22N4O5S2. The van der Waals surface area contributed by atoms with Gasteiger partial charge in [-0.15, -0.1) is 11.3 Å². The average Bonchev–Trinajstić information content (AvgIpc) is 3.26. The highest BCUT2D eigenvalue weighted by molar-refractivity contribution is 7.89. The summed E-state index contributed by atoms with van der Waals surface area (Å²) < 4.78 is 29.8. The molecule has 0 saturated heterocycles. The molecule has 11 heteroatoms. The van der Waals surface area contributed by atoms with E-state index in [0.717, 1.165) is 10.3 Å². The fraction of sp³-hybridized carbons (Fsp3) is 0.125. The highest BCUT2D eigenvalue weighted by Crippen LogP contribution is 2.31. The number of hydrogen-bond acceptors (Lipinski definition) is 8. The summed E-state index contributed by atoms with van der Waals surface area (Å²) in [5.41, 5.74) is 7.85. The van der Waals surface area contributed by atoms with Crippen molar-refractivity contribution in [3.8, 4) is 5.75 Å². The van der Waals surface area contributed by atoms with Crippen LogP contribution in [0.4, 0.5) is 0 Å². The number of aromatic nitrogens is 1. The molecule has 3 aromatic carbocycles. The van der Waals surface area contributed by atoms with Gasteiger partial charge in [0.2, 0.25) is 10.0 Å². The zero-order valence-corrected chi connectivity index (χ0v) is 20.2. The smallest absolute Gasteiger partial charge is 0.332 e. The summed E-state index contributed by atoms with van der Waals surface area (Å²) in [5.74, 6) is -0.482. The van der Waals surface area contributed by atoms with Crippen molar-refractivity contribution in [2.75, 3.05) is 0 Å². The minimum atomic E-state index is -3.86. The molecule has 35 heavy (non-hydrogen) atoms. The first-order chi connectivity index (χ1) is 16.7. The van der Waals surface area contributed by atoms with Crippen LogP contribution in [-0.2, 0) is 26.1 Å². The van der Waals surface area contributed by atoms with E-state index >= 15 is 0 Å². The Bertz CT molecular complexity index is 1500. The molecule has 4 N–H and O–H groups in total. The van der Waals surface area contributed by atoms with Crippen molar-refractivity contribution in [3.05, 3.63) is 88.9 Å². The van der Waals surface area contributed by atoms with Crippen LogP contribution in [0.3, 0.4) is 0 Å². The Balaban J connectivity index is 1.70. The van der Waals surface area contributed by atoms with Gasteiger partial charge in [-0.1, -0.05) is 41.6 Å². The number of carbonyl (C=O) groups is 1. The number of hydrogen-bond donors (Lipinski definition) is 3. The molecule has 1 aromatic heterocycles. The van der Waals surface area contributed by atoms with E-state index in [1.165, 1.54) is 36.5 Å². The average molecular weight is 511 g/mol. The van der Waals surface area contributed by atoms with Crippen LogP contribution in [0.2, 0.25) is 0 Å². The number of nitrogens with zero attached hydrogens (tertiary/aromatic N) is 2. The summed E-state index contributed by atoms with van der Waals surface area (Å²) in [6.07, 6.45) is 0.257. The molecule has 0 saturated carbocycles. The lowest BCUT2D eigenvalue weighted by Crippen LogP contribution is -2.30. The molecule has 1 atom stereocenters. The molecule has 4 rings (SSSR count). The van der Waals surface area contributed by atoms with Gasteiger partial charge in [0.05, 0.1) is 21.2 Å². The number of nitrogens with two attached hydrogens (primary N) is 1. The number of thiazole rings is 1. The lowest BCUT2D eigenvalue weighted by atomic mass is 10.0. The number of carbonyl (C=O) groups excluding carboxylic acids is 1. The van der Waals surface area contributed by atoms with Gasteiger partial charge >= 0.3 is 5.97 Å². The van der Waals surface area contributed by atoms with Gasteiger partial charge in [0.25, 0.3) is 0 Å². The van der Waals surface area contributed by atoms with Crippen molar-refractivity contribution in [3.63, 3.8) is 0 Å². The first kappa shape index (κ1) is 24.3. The number of oxime groups is 1. The lowest BCUT2D eigenvalue weighted by molar-refractivity contribution is -0.140. The van der Waals surface area contributed by atoms with E-state index in [1.54, 1.807) is 48.5 Å². The van der Waals surface area contributed by atoms with E-state index in [1.807, 2.05) is 6.07 Å². The Labute approximate surface area is 205 Å². The fourth-order valence-electron chi connectivity index (χ4n) is 3.37. The maximum absolute atomic E-state index is 13.1. The van der Waals surface area contributed by atoms with E-state index in [2.05, 4.69) is 19.7 Å². The van der Waals surface area contributed by atoms with Crippen molar-refractivity contribution in [1.82, 2.24) is 9.71 Å². The van der Waals surface area contributed by atoms with Gasteiger partial charge in [-0.3, -0.25) is 0 Å². The summed E-state index contributed by atoms with van der Waals surface area (Å²) >= 11 is 1.29. The number of sulfonamides is 1. The number of benzene rings is 3. The number of fused-ring (bicyclic) bond motifs is 1. The Hall–Kier alpha value is -3.80. The molecule has 0 amide bonds. The lowest BCUT2D eigenvalue weighted by Gasteiger charge is -2.17. The number of aromatic hydroxyl groups is 1. The largest absolute Gasteiger partial charge is 0.508 e. The molecule has 0 aliphatic carbocycles. The first-order valence-corrected chi connectivity index (χ1v) is 12.8. The molecule has 1 unspecified atom stereocenters. The van der Waals surface area contributed by atoms with Crippen molar-refractivity contribution < 1.29 is 23.2 Å². The second kappa shape index (κ2) is 10.2. The summed E-state index contributed by atoms with van der Waals surface area (Å²) in [7, 11) is -3.86. The minimum Gasteiger partial charge on any atom is -0.508 e. The zero-order chi connectivity index (χ0) is 25.0. The molecule has 0 aliphatic rings. The predicted molar refractivity (Wildman–Crippen MR) is 133 cm³/mol. The van der Waals surface area contributed by atoms with Gasteiger partial charge < -0.3 is 15.7 Å². The molecule has 0 spiro atoms. The second-order valence-corrected chi connectivity index (χ2v) is 10.4. The summed E-state index contributed by atoms with van der Waals surface area (Å²) in [6, 6.07) is 19.2. The number of phenols is 1. The third kappa shape index (κ3) is 6.01. The van der Waals surface area contributed by atoms with E-state index in [4.69, 9.17) is 5.73 Å². The summed E-state index contributed by atoms with van der Waals surface area (Å²) in [5, 5.41) is 14.0. The molecule has 0 bridgehead atoms. The third-order valence-corrected chi connectivity index (χ3v) is 7.59. The molecule has 0 aliphatic heterocycles. The van der Waals surface area contributed by atoms with Crippen LogP contribution in [0.5, 0.6) is 5.75 Å². The SMILES string of the molecule is CC(=O)ON=C(N)c1cccc(CC(NS(=O)(=O)c2ccccc2)c2nc3ccc(O)cc3s2)c1. The topological polar surface area (TPSA) is 144 Å². The Morgan fingerprint density at radius 2 is 1.91 bits per heavy atom. The number of rotatable bonds is 8. The third-order valence-electron chi connectivity index (χ3n) is 4.97. The standard InChI is InChI=1S/C24H22N4O5S2/c1-15(29)33-27-23(25)17-7-5-6-16(12-17)13-21(28-35(31,32)19-8-3-2-4-9-19)24-26-20-11-10-18(30)14-22(20)34-24/h2-12,14,21,28,30H,13H2,1H3,(H2,25,27). The Morgan fingerprint density at radius 1 is 1.14 bits per heavy atom. The van der Waals surface area contributed by atoms with Gasteiger partial charge in [0.1, 0.15) is 10.8 Å². The van der Waals surface area contributed by atoms with Crippen molar-refractivity contribution >= 4 is 43.4 Å². The number of phenolic OH excluding ortho intramolecular Hbond substituents is 1. The van der Waals surface area contributed by atoms with E-state index in [9.17, 15) is 18.3 Å². The molecular weight excluding hydrogens is 488 g/mol. The molecule has 1 heterocycles. The van der Waals surface area contributed by atoms with Gasteiger partial charge in [0.15, 0.2) is 5.84 Å². The molecule has 4 aromatic rings. The quantitative estimate of drug-likeness (QED) is 0.142. The minimum absolute atomic E-state index is 0.0129. The summed E-state index contributed by atoms with van der Waals surface area (Å²) in [4.78, 5) is 20.4. The molecule has 0 fully saturated rings. The van der Waals surface area contributed by atoms with Crippen LogP contribution >= 0.6 is 11.3 Å². The number of nitrogens with one attached hydrogen (secondary N) is 1. The van der Waals surface area contributed by atoms with Crippen LogP contribution in [0.25, 0.3) is 10.2 Å². The summed E-state index contributed by atoms with van der Waals surface area (Å²) in [6.45, 7) is 1.22. The normalized spacial score (nSPS) is 13.0. The van der Waals surface area contributed by atoms with Crippen molar-refractivity contribution in [1.29, 1.82) is 0 Å². The predicted octanol–water partition coefficient (Wildman–Crippen LogP) is 3.45. The Morgan fingerprint density at radius 3 is 2.66 bits per heavy atom. The van der Waals surface area contributed by atoms with Gasteiger partial charge in [0, 0.05) is 12.5 Å². The highest BCUT2D eigenvalue weighted by Gasteiger charge is 2.25. The fourth-order valence-corrected chi connectivity index (χ4v) is 5.72. The van der Waals surface area contributed by atoms with Crippen LogP contribution < -0.4 is 10.5 Å². The van der Waals surface area contributed by atoms with Crippen LogP contribution in [0.15, 0.2) is 82.8 Å². The van der Waals surface area contributed by atoms with Gasteiger partial charge in [-0.2, -0.15) is 0 Å². The maximum atomic E-state index is 13.1. The van der Waals surface area contributed by atoms with E-state index in [0.29, 0.717) is 16.1 Å². The zero-order valence-electron chi connectivity index (χ0n) is 18.6. The van der Waals surface area contributed by atoms with Gasteiger partial charge in [-0.05, 0) is 48.4 Å². The molecule has 0 radical (unpaired) electrons. The van der Waals surface area contributed by atoms with Crippen molar-refractivity contribution in [2.24, 2.45) is 10.9 Å². The highest BCUT2D eigenvalue weighted by atomic mass is 32.2. The number of amidine groups is 1. The van der Waals surface area contributed by atoms with Gasteiger partial charge in [-0.25, -0.2) is 22.9 Å². The maximum Gasteiger partial charge on any atom is 0.332 e. The monoisotopic (exact) mass is 510 g/mol. The first-order valence-electron chi connectivity index (χ1n) is 10.5. The van der Waals surface area contributed by atoms with Crippen molar-refractivity contribution in [2.45, 2.75) is 24.3 Å². The van der Waals surface area contributed by atoms with Crippen LogP contribution in [0.1, 0.15) is 29.1 Å². The second-order valence-electron chi connectivity index (χ2n) is 7.65. The van der Waals surface area contributed by atoms with Crippen LogP contribution in [-0.4, -0.2) is 30.3 Å². The molecule has 180 valence electrons. The van der Waals surface area contributed by atoms with E-state index < -0.39 is 22.0 Å². The van der Waals surface area contributed by atoms with Crippen LogP contribution in [0, 0.1) is 0 Å². The Kier molecular flexibility index (Phi) is 7.10. The van der Waals surface area contributed by atoms with E-state index in [-0.39, 0.29) is 22.9 Å².